The minimum absolute atomic E-state index is 0.200. The van der Waals surface area contributed by atoms with Gasteiger partial charge in [0.05, 0.1) is 0 Å². The second-order valence-corrected chi connectivity index (χ2v) is 4.70. The normalized spacial score (nSPS) is 17.4. The van der Waals surface area contributed by atoms with Gasteiger partial charge in [-0.05, 0) is 34.1 Å². The van der Waals surface area contributed by atoms with Crippen LogP contribution in [0.15, 0.2) is 11.6 Å². The van der Waals surface area contributed by atoms with Crippen molar-refractivity contribution < 1.29 is 19.4 Å². The molecule has 1 aliphatic heterocycles. The van der Waals surface area contributed by atoms with Gasteiger partial charge in [-0.1, -0.05) is 11.6 Å². The van der Waals surface area contributed by atoms with E-state index in [0.29, 0.717) is 0 Å². The molecule has 0 aromatic carbocycles. The summed E-state index contributed by atoms with van der Waals surface area (Å²) in [5, 5.41) is 6.89. The van der Waals surface area contributed by atoms with Crippen molar-refractivity contribution in [3.8, 4) is 0 Å². The third-order valence-electron chi connectivity index (χ3n) is 2.16. The van der Waals surface area contributed by atoms with E-state index < -0.39 is 5.60 Å². The van der Waals surface area contributed by atoms with Crippen LogP contribution < -0.4 is 0 Å². The van der Waals surface area contributed by atoms with E-state index in [1.165, 1.54) is 5.57 Å². The molecule has 0 aliphatic carbocycles. The van der Waals surface area contributed by atoms with E-state index in [0.717, 1.165) is 19.5 Å². The molecule has 1 aliphatic rings. The number of hydrogen-bond acceptors (Lipinski definition) is 3. The van der Waals surface area contributed by atoms with Crippen LogP contribution in [0.5, 0.6) is 0 Å². The molecule has 0 saturated carbocycles. The lowest BCUT2D eigenvalue weighted by Crippen LogP contribution is -2.34. The number of rotatable bonds is 0. The van der Waals surface area contributed by atoms with Gasteiger partial charge in [0.15, 0.2) is 0 Å². The lowest BCUT2D eigenvalue weighted by molar-refractivity contribution is -0.122. The highest BCUT2D eigenvalue weighted by molar-refractivity contribution is 5.69. The molecule has 0 spiro atoms. The van der Waals surface area contributed by atoms with E-state index >= 15 is 0 Å². The molecule has 1 saturated heterocycles. The fourth-order valence-corrected chi connectivity index (χ4v) is 1.40. The second kappa shape index (κ2) is 6.93. The Kier molecular flexibility index (Phi) is 6.31. The minimum atomic E-state index is -0.393. The molecule has 0 bridgehead atoms. The van der Waals surface area contributed by atoms with Gasteiger partial charge < -0.3 is 14.7 Å². The predicted molar refractivity (Wildman–Crippen MR) is 64.9 cm³/mol. The maximum Gasteiger partial charge on any atom is 0.410 e. The van der Waals surface area contributed by atoms with Gasteiger partial charge in [0, 0.05) is 13.1 Å². The summed E-state index contributed by atoms with van der Waals surface area (Å²) in [6, 6.07) is 0. The number of carboxylic acid groups (broad SMARTS) is 1. The number of nitrogens with zero attached hydrogens (tertiary/aromatic N) is 1. The first-order valence-corrected chi connectivity index (χ1v) is 5.54. The summed E-state index contributed by atoms with van der Waals surface area (Å²) >= 11 is 0. The van der Waals surface area contributed by atoms with Crippen molar-refractivity contribution in [3.63, 3.8) is 0 Å². The third-order valence-corrected chi connectivity index (χ3v) is 2.16. The summed E-state index contributed by atoms with van der Waals surface area (Å²) in [4.78, 5) is 21.7. The molecule has 1 heterocycles. The van der Waals surface area contributed by atoms with Gasteiger partial charge >= 0.3 is 6.09 Å². The van der Waals surface area contributed by atoms with E-state index in [1.807, 2.05) is 27.7 Å². The van der Waals surface area contributed by atoms with Gasteiger partial charge in [0.1, 0.15) is 5.60 Å². The van der Waals surface area contributed by atoms with Crippen LogP contribution in [0.25, 0.3) is 0 Å². The van der Waals surface area contributed by atoms with Crippen LogP contribution >= 0.6 is 0 Å². The monoisotopic (exact) mass is 243 g/mol. The number of ether oxygens (including phenoxy) is 1. The molecule has 17 heavy (non-hydrogen) atoms. The Balaban J connectivity index is 0.000000770. The van der Waals surface area contributed by atoms with Crippen molar-refractivity contribution in [2.75, 3.05) is 13.1 Å². The zero-order valence-corrected chi connectivity index (χ0v) is 10.9. The van der Waals surface area contributed by atoms with E-state index in [-0.39, 0.29) is 12.6 Å². The molecule has 1 N–H and O–H groups in total. The zero-order chi connectivity index (χ0) is 13.5. The lowest BCUT2D eigenvalue weighted by Gasteiger charge is -2.23. The Labute approximate surface area is 102 Å². The maximum absolute atomic E-state index is 11.6. The van der Waals surface area contributed by atoms with E-state index in [1.54, 1.807) is 4.90 Å². The van der Waals surface area contributed by atoms with Gasteiger partial charge in [-0.3, -0.25) is 4.79 Å². The first kappa shape index (κ1) is 15.5. The summed E-state index contributed by atoms with van der Waals surface area (Å²) < 4.78 is 5.27. The quantitative estimate of drug-likeness (QED) is 0.523. The highest BCUT2D eigenvalue weighted by Crippen LogP contribution is 2.18. The van der Waals surface area contributed by atoms with Crippen LogP contribution in [-0.4, -0.2) is 41.3 Å². The third kappa shape index (κ3) is 6.60. The molecule has 1 amide bonds. The summed E-state index contributed by atoms with van der Waals surface area (Å²) in [7, 11) is 0. The largest absolute Gasteiger partial charge is 0.483 e. The first-order chi connectivity index (χ1) is 7.84. The van der Waals surface area contributed by atoms with E-state index in [4.69, 9.17) is 14.6 Å². The van der Waals surface area contributed by atoms with Crippen molar-refractivity contribution in [2.24, 2.45) is 0 Å². The standard InChI is InChI=1S/C11H19NO2.CH2O2/c1-5-9-6-7-12(8-9)10(13)14-11(2,3)4;2-1-3/h5H,6-8H2,1-4H3;1H,(H,2,3)/b9-5+;. The highest BCUT2D eigenvalue weighted by Gasteiger charge is 2.25. The van der Waals surface area contributed by atoms with Crippen molar-refractivity contribution in [2.45, 2.75) is 39.7 Å². The Hall–Kier alpha value is -1.52. The summed E-state index contributed by atoms with van der Waals surface area (Å²) in [6.45, 7) is 8.93. The van der Waals surface area contributed by atoms with Crippen LogP contribution in [0.2, 0.25) is 0 Å². The smallest absolute Gasteiger partial charge is 0.410 e. The predicted octanol–water partition coefficient (Wildman–Crippen LogP) is 2.27. The molecule has 0 atom stereocenters. The van der Waals surface area contributed by atoms with Crippen LogP contribution in [0, 0.1) is 0 Å². The van der Waals surface area contributed by atoms with Crippen molar-refractivity contribution in [1.82, 2.24) is 4.90 Å². The second-order valence-electron chi connectivity index (χ2n) is 4.70. The van der Waals surface area contributed by atoms with Crippen LogP contribution in [0.3, 0.4) is 0 Å². The van der Waals surface area contributed by atoms with Crippen LogP contribution in [0.4, 0.5) is 4.79 Å². The summed E-state index contributed by atoms with van der Waals surface area (Å²) in [5.41, 5.74) is 0.923. The zero-order valence-electron chi connectivity index (χ0n) is 10.9. The maximum atomic E-state index is 11.6. The van der Waals surface area contributed by atoms with Crippen molar-refractivity contribution in [1.29, 1.82) is 0 Å². The molecule has 0 radical (unpaired) electrons. The Morgan fingerprint density at radius 2 is 2.00 bits per heavy atom. The van der Waals surface area contributed by atoms with Crippen LogP contribution in [0.1, 0.15) is 34.1 Å². The average Bonchev–Trinajstić information content (AvgIpc) is 2.64. The molecule has 5 nitrogen and oxygen atoms in total. The van der Waals surface area contributed by atoms with Crippen molar-refractivity contribution >= 4 is 12.6 Å². The van der Waals surface area contributed by atoms with E-state index in [9.17, 15) is 4.79 Å². The van der Waals surface area contributed by atoms with Crippen molar-refractivity contribution in [3.05, 3.63) is 11.6 Å². The summed E-state index contributed by atoms with van der Waals surface area (Å²) in [6.07, 6.45) is 2.86. The number of allylic oxidation sites excluding steroid dienone is 1. The fourth-order valence-electron chi connectivity index (χ4n) is 1.40. The van der Waals surface area contributed by atoms with Crippen LogP contribution in [-0.2, 0) is 9.53 Å². The molecular weight excluding hydrogens is 222 g/mol. The molecule has 1 rings (SSSR count). The molecule has 98 valence electrons. The Morgan fingerprint density at radius 3 is 2.35 bits per heavy atom. The van der Waals surface area contributed by atoms with E-state index in [2.05, 4.69) is 6.08 Å². The SMILES string of the molecule is C/C=C1\CCN(C(=O)OC(C)(C)C)C1.O=CO. The summed E-state index contributed by atoms with van der Waals surface area (Å²) in [5.74, 6) is 0. The fraction of sp³-hybridized carbons (Fsp3) is 0.667. The molecule has 0 aromatic rings. The van der Waals surface area contributed by atoms with Gasteiger partial charge in [0.2, 0.25) is 0 Å². The number of hydrogen-bond donors (Lipinski definition) is 1. The molecule has 1 fully saturated rings. The van der Waals surface area contributed by atoms with Gasteiger partial charge in [-0.2, -0.15) is 0 Å². The molecule has 0 aromatic heterocycles. The molecule has 5 heteroatoms. The molecular formula is C12H21NO4. The number of likely N-dealkylation sites (tertiary alicyclic amines) is 1. The number of carbonyl (C=O) groups is 2. The number of carbonyl (C=O) groups excluding carboxylic acids is 1. The number of amides is 1. The minimum Gasteiger partial charge on any atom is -0.483 e. The first-order valence-electron chi connectivity index (χ1n) is 5.54. The Morgan fingerprint density at radius 1 is 1.47 bits per heavy atom. The van der Waals surface area contributed by atoms with Gasteiger partial charge in [-0.25, -0.2) is 4.79 Å². The Bertz CT molecular complexity index is 291. The topological polar surface area (TPSA) is 66.8 Å². The lowest BCUT2D eigenvalue weighted by atomic mass is 10.2. The van der Waals surface area contributed by atoms with Gasteiger partial charge in [0.25, 0.3) is 6.47 Å². The molecule has 0 unspecified atom stereocenters. The average molecular weight is 243 g/mol. The highest BCUT2D eigenvalue weighted by atomic mass is 16.6. The van der Waals surface area contributed by atoms with Gasteiger partial charge in [-0.15, -0.1) is 0 Å².